The molecule has 0 saturated carbocycles. The molecule has 1 fully saturated rings. The Morgan fingerprint density at radius 3 is 2.62 bits per heavy atom. The lowest BCUT2D eigenvalue weighted by atomic mass is 10.00. The van der Waals surface area contributed by atoms with Crippen molar-refractivity contribution in [3.05, 3.63) is 64.7 Å². The molecule has 2 N–H and O–H groups in total. The van der Waals surface area contributed by atoms with Gasteiger partial charge in [-0.05, 0) is 42.2 Å². The molecule has 0 spiro atoms. The third-order valence-electron chi connectivity index (χ3n) is 6.19. The number of rotatable bonds is 9. The van der Waals surface area contributed by atoms with Crippen LogP contribution in [0.2, 0.25) is 0 Å². The second-order valence-electron chi connectivity index (χ2n) is 8.18. The zero-order valence-corrected chi connectivity index (χ0v) is 19.1. The predicted molar refractivity (Wildman–Crippen MR) is 123 cm³/mol. The smallest absolute Gasteiger partial charge is 0.237 e. The number of hydrogen-bond acceptors (Lipinski definition) is 5. The zero-order chi connectivity index (χ0) is 23.1. The molecule has 3 rings (SSSR count). The molecule has 32 heavy (non-hydrogen) atoms. The van der Waals surface area contributed by atoms with Crippen molar-refractivity contribution in [2.24, 2.45) is 0 Å². The minimum atomic E-state index is -0.546. The van der Waals surface area contributed by atoms with Crippen molar-refractivity contribution in [1.29, 1.82) is 0 Å². The molecule has 1 heterocycles. The molecule has 1 aliphatic heterocycles. The fourth-order valence-electron chi connectivity index (χ4n) is 4.15. The van der Waals surface area contributed by atoms with E-state index in [1.54, 1.807) is 12.0 Å². The Hall–Kier alpha value is -2.90. The largest absolute Gasteiger partial charge is 0.496 e. The summed E-state index contributed by atoms with van der Waals surface area (Å²) in [5.41, 5.74) is 4.32. The summed E-state index contributed by atoms with van der Waals surface area (Å²) < 4.78 is 5.41. The van der Waals surface area contributed by atoms with Gasteiger partial charge >= 0.3 is 0 Å². The highest BCUT2D eigenvalue weighted by molar-refractivity contribution is 5.88. The van der Waals surface area contributed by atoms with Crippen molar-refractivity contribution in [3.8, 4) is 5.75 Å². The van der Waals surface area contributed by atoms with E-state index in [0.29, 0.717) is 26.2 Å². The van der Waals surface area contributed by atoms with Crippen molar-refractivity contribution in [2.45, 2.75) is 39.4 Å². The molecule has 2 aromatic rings. The second-order valence-corrected chi connectivity index (χ2v) is 8.18. The molecule has 172 valence electrons. The van der Waals surface area contributed by atoms with Gasteiger partial charge in [0.25, 0.3) is 0 Å². The van der Waals surface area contributed by atoms with Gasteiger partial charge in [-0.15, -0.1) is 0 Å². The SMILES string of the molecule is COc1ccc(CN2CCNC(=O)C2CC(=O)N(CCO)Cc2ccccc2)c(C)c1C. The maximum atomic E-state index is 13.1. The molecule has 0 aromatic heterocycles. The van der Waals surface area contributed by atoms with Crippen LogP contribution in [0.4, 0.5) is 0 Å². The Kier molecular flexibility index (Phi) is 8.25. The van der Waals surface area contributed by atoms with Gasteiger partial charge in [0.1, 0.15) is 5.75 Å². The number of benzene rings is 2. The topological polar surface area (TPSA) is 82.1 Å². The summed E-state index contributed by atoms with van der Waals surface area (Å²) in [6.45, 7) is 6.42. The minimum absolute atomic E-state index is 0.0762. The number of nitrogens with one attached hydrogen (secondary N) is 1. The van der Waals surface area contributed by atoms with Crippen molar-refractivity contribution < 1.29 is 19.4 Å². The molecule has 7 heteroatoms. The second kappa shape index (κ2) is 11.1. The first-order valence-electron chi connectivity index (χ1n) is 11.0. The maximum absolute atomic E-state index is 13.1. The molecule has 1 unspecified atom stereocenters. The van der Waals surface area contributed by atoms with Crippen molar-refractivity contribution in [2.75, 3.05) is 33.4 Å². The average molecular weight is 440 g/mol. The summed E-state index contributed by atoms with van der Waals surface area (Å²) in [6.07, 6.45) is 0.0762. The van der Waals surface area contributed by atoms with Crippen LogP contribution in [0.5, 0.6) is 5.75 Å². The van der Waals surface area contributed by atoms with Crippen molar-refractivity contribution >= 4 is 11.8 Å². The Bertz CT molecular complexity index is 932. The number of aliphatic hydroxyl groups is 1. The van der Waals surface area contributed by atoms with Gasteiger partial charge in [-0.2, -0.15) is 0 Å². The number of piperazine rings is 1. The van der Waals surface area contributed by atoms with Crippen LogP contribution in [0.25, 0.3) is 0 Å². The normalized spacial score (nSPS) is 16.5. The number of ether oxygens (including phenoxy) is 1. The summed E-state index contributed by atoms with van der Waals surface area (Å²) in [7, 11) is 1.66. The molecule has 2 aromatic carbocycles. The van der Waals surface area contributed by atoms with Gasteiger partial charge in [0.05, 0.1) is 26.2 Å². The van der Waals surface area contributed by atoms with Crippen LogP contribution in [0.3, 0.4) is 0 Å². The maximum Gasteiger partial charge on any atom is 0.237 e. The van der Waals surface area contributed by atoms with Crippen LogP contribution in [-0.4, -0.2) is 66.1 Å². The van der Waals surface area contributed by atoms with Crippen molar-refractivity contribution in [1.82, 2.24) is 15.1 Å². The van der Waals surface area contributed by atoms with Crippen molar-refractivity contribution in [3.63, 3.8) is 0 Å². The Labute approximate surface area is 190 Å². The molecule has 0 aliphatic carbocycles. The van der Waals surface area contributed by atoms with Gasteiger partial charge in [0.15, 0.2) is 0 Å². The molecule has 1 aliphatic rings. The van der Waals surface area contributed by atoms with Crippen LogP contribution in [-0.2, 0) is 22.7 Å². The number of carbonyl (C=O) groups excluding carboxylic acids is 2. The first-order chi connectivity index (χ1) is 15.4. The van der Waals surface area contributed by atoms with E-state index in [4.69, 9.17) is 4.74 Å². The van der Waals surface area contributed by atoms with E-state index in [9.17, 15) is 14.7 Å². The van der Waals surface area contributed by atoms with Gasteiger partial charge in [-0.25, -0.2) is 0 Å². The average Bonchev–Trinajstić information content (AvgIpc) is 2.79. The van der Waals surface area contributed by atoms with Crippen LogP contribution in [0.1, 0.15) is 28.7 Å². The van der Waals surface area contributed by atoms with Gasteiger partial charge < -0.3 is 20.1 Å². The lowest BCUT2D eigenvalue weighted by Gasteiger charge is -2.36. The summed E-state index contributed by atoms with van der Waals surface area (Å²) >= 11 is 0. The fourth-order valence-corrected chi connectivity index (χ4v) is 4.15. The van der Waals surface area contributed by atoms with Gasteiger partial charge in [-0.1, -0.05) is 36.4 Å². The quantitative estimate of drug-likeness (QED) is 0.625. The number of amides is 2. The molecule has 2 amide bonds. The van der Waals surface area contributed by atoms with E-state index in [-0.39, 0.29) is 31.4 Å². The van der Waals surface area contributed by atoms with E-state index >= 15 is 0 Å². The number of carbonyl (C=O) groups is 2. The van der Waals surface area contributed by atoms with E-state index in [0.717, 1.165) is 28.0 Å². The monoisotopic (exact) mass is 439 g/mol. The summed E-state index contributed by atoms with van der Waals surface area (Å²) in [6, 6.07) is 13.1. The van der Waals surface area contributed by atoms with E-state index in [1.807, 2.05) is 49.4 Å². The van der Waals surface area contributed by atoms with Crippen LogP contribution >= 0.6 is 0 Å². The molecule has 0 radical (unpaired) electrons. The fraction of sp³-hybridized carbons (Fsp3) is 0.440. The Morgan fingerprint density at radius 1 is 1.19 bits per heavy atom. The predicted octanol–water partition coefficient (Wildman–Crippen LogP) is 2.02. The molecule has 1 saturated heterocycles. The number of nitrogens with zero attached hydrogens (tertiary/aromatic N) is 2. The van der Waals surface area contributed by atoms with E-state index in [2.05, 4.69) is 17.1 Å². The van der Waals surface area contributed by atoms with Crippen LogP contribution in [0, 0.1) is 13.8 Å². The first-order valence-corrected chi connectivity index (χ1v) is 11.0. The lowest BCUT2D eigenvalue weighted by molar-refractivity contribution is -0.139. The zero-order valence-electron chi connectivity index (χ0n) is 19.1. The van der Waals surface area contributed by atoms with Gasteiger partial charge in [-0.3, -0.25) is 14.5 Å². The highest BCUT2D eigenvalue weighted by Gasteiger charge is 2.33. The highest BCUT2D eigenvalue weighted by Crippen LogP contribution is 2.26. The molecule has 1 atom stereocenters. The third kappa shape index (κ3) is 5.66. The van der Waals surface area contributed by atoms with E-state index in [1.165, 1.54) is 0 Å². The van der Waals surface area contributed by atoms with Gasteiger partial charge in [0, 0.05) is 32.7 Å². The standard InChI is InChI=1S/C25H33N3O4/c1-18-19(2)23(32-3)10-9-21(18)17-27-12-11-26-25(31)22(27)15-24(30)28(13-14-29)16-20-7-5-4-6-8-20/h4-10,22,29H,11-17H2,1-3H3,(H,26,31). The summed E-state index contributed by atoms with van der Waals surface area (Å²) in [4.78, 5) is 29.6. The minimum Gasteiger partial charge on any atom is -0.496 e. The number of hydrogen-bond donors (Lipinski definition) is 2. The highest BCUT2D eigenvalue weighted by atomic mass is 16.5. The van der Waals surface area contributed by atoms with Gasteiger partial charge in [0.2, 0.25) is 11.8 Å². The summed E-state index contributed by atoms with van der Waals surface area (Å²) in [5, 5.41) is 12.4. The third-order valence-corrected chi connectivity index (χ3v) is 6.19. The Balaban J connectivity index is 1.75. The molecule has 7 nitrogen and oxygen atoms in total. The lowest BCUT2D eigenvalue weighted by Crippen LogP contribution is -2.56. The Morgan fingerprint density at radius 2 is 1.94 bits per heavy atom. The van der Waals surface area contributed by atoms with Crippen LogP contribution < -0.4 is 10.1 Å². The molecular weight excluding hydrogens is 406 g/mol. The number of aliphatic hydroxyl groups excluding tert-OH is 1. The van der Waals surface area contributed by atoms with Crippen LogP contribution in [0.15, 0.2) is 42.5 Å². The summed E-state index contributed by atoms with van der Waals surface area (Å²) in [5.74, 6) is 0.573. The number of methoxy groups -OCH3 is 1. The molecular formula is C25H33N3O4. The first kappa shape index (κ1) is 23.8. The molecule has 0 bridgehead atoms. The van der Waals surface area contributed by atoms with E-state index < -0.39 is 6.04 Å².